The fraction of sp³-hybridized carbons (Fsp3) is 0.450. The van der Waals surface area contributed by atoms with Gasteiger partial charge < -0.3 is 14.6 Å². The van der Waals surface area contributed by atoms with Crippen LogP contribution in [0.5, 0.6) is 5.75 Å². The second kappa shape index (κ2) is 6.40. The molecule has 0 amide bonds. The first-order valence-electron chi connectivity index (χ1n) is 9.60. The molecule has 0 bridgehead atoms. The Morgan fingerprint density at radius 2 is 2.07 bits per heavy atom. The van der Waals surface area contributed by atoms with Crippen molar-refractivity contribution in [2.75, 3.05) is 18.6 Å². The Hall–Kier alpha value is -2.83. The first kappa shape index (κ1) is 16.4. The van der Waals surface area contributed by atoms with Crippen LogP contribution in [0.2, 0.25) is 0 Å². The summed E-state index contributed by atoms with van der Waals surface area (Å²) >= 11 is 0. The van der Waals surface area contributed by atoms with E-state index in [9.17, 15) is 0 Å². The number of anilines is 1. The maximum Gasteiger partial charge on any atom is 0.227 e. The highest BCUT2D eigenvalue weighted by atomic mass is 16.5. The Morgan fingerprint density at radius 1 is 1.19 bits per heavy atom. The number of hydrogen-bond acceptors (Lipinski definition) is 5. The molecule has 1 atom stereocenters. The predicted molar refractivity (Wildman–Crippen MR) is 103 cm³/mol. The van der Waals surface area contributed by atoms with Crippen LogP contribution in [0.3, 0.4) is 0 Å². The lowest BCUT2D eigenvalue weighted by Gasteiger charge is -2.25. The van der Waals surface area contributed by atoms with Crippen LogP contribution >= 0.6 is 0 Å². The molecule has 27 heavy (non-hydrogen) atoms. The molecule has 7 heteroatoms. The number of benzene rings is 1. The zero-order valence-electron chi connectivity index (χ0n) is 15.7. The minimum absolute atomic E-state index is 0.291. The van der Waals surface area contributed by atoms with Crippen molar-refractivity contribution in [3.8, 4) is 17.3 Å². The van der Waals surface area contributed by atoms with Crippen LogP contribution in [0.1, 0.15) is 49.0 Å². The van der Waals surface area contributed by atoms with Gasteiger partial charge in [-0.3, -0.25) is 4.57 Å². The lowest BCUT2D eigenvalue weighted by atomic mass is 10.0. The van der Waals surface area contributed by atoms with Gasteiger partial charge in [-0.25, -0.2) is 4.98 Å². The van der Waals surface area contributed by atoms with Crippen molar-refractivity contribution < 1.29 is 4.74 Å². The molecular weight excluding hydrogens is 340 g/mol. The number of imidazole rings is 1. The average Bonchev–Trinajstić information content (AvgIpc) is 3.08. The van der Waals surface area contributed by atoms with E-state index in [1.54, 1.807) is 7.11 Å². The molecule has 2 fully saturated rings. The maximum absolute atomic E-state index is 5.40. The number of nitrogens with one attached hydrogen (secondary N) is 1. The summed E-state index contributed by atoms with van der Waals surface area (Å²) in [6.45, 7) is 0.976. The van der Waals surface area contributed by atoms with E-state index < -0.39 is 0 Å². The summed E-state index contributed by atoms with van der Waals surface area (Å²) in [7, 11) is 3.74. The van der Waals surface area contributed by atoms with Gasteiger partial charge in [0.1, 0.15) is 17.3 Å². The molecule has 3 aromatic rings. The standard InChI is InChI=1S/C20H24N6O/c1-25-19(16-12-21-18(22-16)13-8-9-13)23-24-20(25)26-10-4-7-17(26)14-5-3-6-15(11-14)27-2/h3,5-6,11-13,17H,4,7-10H2,1-2H3,(H,21,22). The Kier molecular flexibility index (Phi) is 3.88. The van der Waals surface area contributed by atoms with Gasteiger partial charge in [-0.1, -0.05) is 12.1 Å². The monoisotopic (exact) mass is 364 g/mol. The topological polar surface area (TPSA) is 71.9 Å². The van der Waals surface area contributed by atoms with Crippen molar-refractivity contribution in [2.24, 2.45) is 7.05 Å². The summed E-state index contributed by atoms with van der Waals surface area (Å²) in [6, 6.07) is 8.62. The first-order valence-corrected chi connectivity index (χ1v) is 9.60. The number of ether oxygens (including phenoxy) is 1. The number of hydrogen-bond donors (Lipinski definition) is 1. The van der Waals surface area contributed by atoms with Gasteiger partial charge in [-0.05, 0) is 43.4 Å². The average molecular weight is 364 g/mol. The molecule has 1 aliphatic heterocycles. The minimum atomic E-state index is 0.291. The molecule has 7 nitrogen and oxygen atoms in total. The summed E-state index contributed by atoms with van der Waals surface area (Å²) < 4.78 is 7.48. The second-order valence-corrected chi connectivity index (χ2v) is 7.47. The number of rotatable bonds is 5. The van der Waals surface area contributed by atoms with Gasteiger partial charge in [0.05, 0.1) is 19.3 Å². The highest BCUT2D eigenvalue weighted by molar-refractivity contribution is 5.53. The highest BCUT2D eigenvalue weighted by Gasteiger charge is 2.31. The van der Waals surface area contributed by atoms with Crippen molar-refractivity contribution in [1.82, 2.24) is 24.7 Å². The van der Waals surface area contributed by atoms with Crippen molar-refractivity contribution in [1.29, 1.82) is 0 Å². The van der Waals surface area contributed by atoms with E-state index in [4.69, 9.17) is 4.74 Å². The van der Waals surface area contributed by atoms with Gasteiger partial charge >= 0.3 is 0 Å². The molecule has 0 spiro atoms. The third-order valence-corrected chi connectivity index (χ3v) is 5.64. The van der Waals surface area contributed by atoms with Crippen LogP contribution in [0.25, 0.3) is 11.5 Å². The van der Waals surface area contributed by atoms with E-state index in [-0.39, 0.29) is 0 Å². The molecule has 1 N–H and O–H groups in total. The maximum atomic E-state index is 5.40. The number of aromatic nitrogens is 5. The molecule has 1 saturated carbocycles. The number of methoxy groups -OCH3 is 1. The summed E-state index contributed by atoms with van der Waals surface area (Å²) in [5.74, 6) is 4.30. The minimum Gasteiger partial charge on any atom is -0.497 e. The third-order valence-electron chi connectivity index (χ3n) is 5.64. The van der Waals surface area contributed by atoms with E-state index in [1.165, 1.54) is 18.4 Å². The summed E-state index contributed by atoms with van der Waals surface area (Å²) in [5.41, 5.74) is 2.20. The molecule has 1 unspecified atom stereocenters. The molecule has 1 aromatic carbocycles. The molecule has 2 aliphatic rings. The van der Waals surface area contributed by atoms with E-state index in [2.05, 4.69) is 47.8 Å². The number of nitrogens with zero attached hydrogens (tertiary/aromatic N) is 5. The fourth-order valence-electron chi connectivity index (χ4n) is 4.02. The van der Waals surface area contributed by atoms with Gasteiger partial charge in [0.25, 0.3) is 0 Å². The van der Waals surface area contributed by atoms with Crippen LogP contribution in [-0.4, -0.2) is 38.4 Å². The van der Waals surface area contributed by atoms with Crippen LogP contribution in [0.15, 0.2) is 30.5 Å². The molecule has 1 aliphatic carbocycles. The van der Waals surface area contributed by atoms with Crippen molar-refractivity contribution in [2.45, 2.75) is 37.6 Å². The van der Waals surface area contributed by atoms with E-state index in [0.29, 0.717) is 12.0 Å². The van der Waals surface area contributed by atoms with E-state index >= 15 is 0 Å². The lowest BCUT2D eigenvalue weighted by Crippen LogP contribution is -2.25. The van der Waals surface area contributed by atoms with Gasteiger partial charge in [-0.2, -0.15) is 0 Å². The zero-order valence-corrected chi connectivity index (χ0v) is 15.7. The normalized spacial score (nSPS) is 19.6. The Balaban J connectivity index is 1.45. The van der Waals surface area contributed by atoms with Crippen LogP contribution in [-0.2, 0) is 7.05 Å². The SMILES string of the molecule is COc1cccc(C2CCCN2c2nnc(-c3cnc(C4CC4)[nH]3)n2C)c1. The van der Waals surface area contributed by atoms with E-state index in [0.717, 1.165) is 48.4 Å². The molecule has 140 valence electrons. The lowest BCUT2D eigenvalue weighted by molar-refractivity contribution is 0.413. The Labute approximate surface area is 158 Å². The van der Waals surface area contributed by atoms with Gasteiger partial charge in [0.15, 0.2) is 5.82 Å². The number of H-pyrrole nitrogens is 1. The largest absolute Gasteiger partial charge is 0.497 e. The van der Waals surface area contributed by atoms with Crippen molar-refractivity contribution in [3.05, 3.63) is 41.9 Å². The Morgan fingerprint density at radius 3 is 2.89 bits per heavy atom. The predicted octanol–water partition coefficient (Wildman–Crippen LogP) is 3.43. The molecule has 2 aromatic heterocycles. The summed E-state index contributed by atoms with van der Waals surface area (Å²) in [6.07, 6.45) is 6.58. The molecular formula is C20H24N6O. The van der Waals surface area contributed by atoms with Gasteiger partial charge in [0.2, 0.25) is 5.95 Å². The first-order chi connectivity index (χ1) is 13.2. The number of aromatic amines is 1. The summed E-state index contributed by atoms with van der Waals surface area (Å²) in [5, 5.41) is 8.98. The highest BCUT2D eigenvalue weighted by Crippen LogP contribution is 2.39. The van der Waals surface area contributed by atoms with Gasteiger partial charge in [-0.15, -0.1) is 10.2 Å². The molecule has 0 radical (unpaired) electrons. The zero-order chi connectivity index (χ0) is 18.4. The smallest absolute Gasteiger partial charge is 0.227 e. The quantitative estimate of drug-likeness (QED) is 0.751. The van der Waals surface area contributed by atoms with Crippen molar-refractivity contribution in [3.63, 3.8) is 0 Å². The van der Waals surface area contributed by atoms with Crippen molar-refractivity contribution >= 4 is 5.95 Å². The molecule has 5 rings (SSSR count). The van der Waals surface area contributed by atoms with Crippen LogP contribution in [0, 0.1) is 0 Å². The second-order valence-electron chi connectivity index (χ2n) is 7.47. The molecule has 3 heterocycles. The van der Waals surface area contributed by atoms with Crippen LogP contribution in [0.4, 0.5) is 5.95 Å². The van der Waals surface area contributed by atoms with Crippen LogP contribution < -0.4 is 9.64 Å². The Bertz CT molecular complexity index is 957. The molecule has 1 saturated heterocycles. The fourth-order valence-corrected chi connectivity index (χ4v) is 4.02. The summed E-state index contributed by atoms with van der Waals surface area (Å²) in [4.78, 5) is 10.3. The van der Waals surface area contributed by atoms with Gasteiger partial charge in [0, 0.05) is 19.5 Å². The van der Waals surface area contributed by atoms with E-state index in [1.807, 2.05) is 19.3 Å². The third kappa shape index (κ3) is 2.87.